The van der Waals surface area contributed by atoms with E-state index < -0.39 is 11.7 Å². The molecule has 7 heteroatoms. The number of hydrogen-bond donors (Lipinski definition) is 1. The summed E-state index contributed by atoms with van der Waals surface area (Å²) in [6, 6.07) is 7.93. The highest BCUT2D eigenvalue weighted by Gasteiger charge is 2.14. The molecule has 1 aromatic carbocycles. The van der Waals surface area contributed by atoms with E-state index in [1.54, 1.807) is 6.08 Å². The Labute approximate surface area is 153 Å². The summed E-state index contributed by atoms with van der Waals surface area (Å²) in [6.45, 7) is 7.03. The third-order valence-corrected chi connectivity index (χ3v) is 5.22. The van der Waals surface area contributed by atoms with Crippen LogP contribution in [0.5, 0.6) is 0 Å². The molecular formula is C19H15N3O3S. The minimum atomic E-state index is -1.34. The van der Waals surface area contributed by atoms with E-state index in [4.69, 9.17) is 11.7 Å². The maximum atomic E-state index is 12.4. The van der Waals surface area contributed by atoms with Crippen LogP contribution in [0.3, 0.4) is 0 Å². The van der Waals surface area contributed by atoms with Crippen molar-refractivity contribution in [3.63, 3.8) is 0 Å². The predicted octanol–water partition coefficient (Wildman–Crippen LogP) is 1.39. The molecular weight excluding hydrogens is 350 g/mol. The number of carbonyl (C=O) groups is 1. The second-order valence-corrected chi connectivity index (χ2v) is 6.66. The fraction of sp³-hybridized carbons (Fsp3) is 0.105. The molecule has 1 aromatic heterocycles. The fourth-order valence-electron chi connectivity index (χ4n) is 2.67. The maximum Gasteiger partial charge on any atom is 0.336 e. The quantitative estimate of drug-likeness (QED) is 0.817. The monoisotopic (exact) mass is 365 g/mol. The van der Waals surface area contributed by atoms with E-state index in [2.05, 4.69) is 4.85 Å². The van der Waals surface area contributed by atoms with E-state index in [1.807, 2.05) is 54.6 Å². The zero-order valence-corrected chi connectivity index (χ0v) is 14.9. The van der Waals surface area contributed by atoms with Gasteiger partial charge in [-0.05, 0) is 23.8 Å². The molecule has 0 radical (unpaired) electrons. The summed E-state index contributed by atoms with van der Waals surface area (Å²) in [7, 11) is 3.43. The number of carboxylic acid groups (broad SMARTS) is 1. The van der Waals surface area contributed by atoms with Crippen molar-refractivity contribution in [2.75, 3.05) is 11.9 Å². The zero-order valence-electron chi connectivity index (χ0n) is 14.1. The summed E-state index contributed by atoms with van der Waals surface area (Å²) in [5.74, 6) is -1.34. The molecule has 1 aliphatic heterocycles. The molecule has 1 N–H and O–H groups in total. The predicted molar refractivity (Wildman–Crippen MR) is 103 cm³/mol. The summed E-state index contributed by atoms with van der Waals surface area (Å²) < 4.78 is 1.72. The van der Waals surface area contributed by atoms with Crippen LogP contribution in [0.4, 0.5) is 5.69 Å². The number of benzene rings is 1. The Bertz CT molecular complexity index is 1180. The number of hydrogen-bond acceptors (Lipinski definition) is 4. The molecule has 6 nitrogen and oxygen atoms in total. The van der Waals surface area contributed by atoms with Crippen molar-refractivity contribution in [1.82, 2.24) is 4.57 Å². The van der Waals surface area contributed by atoms with Gasteiger partial charge in [0.1, 0.15) is 4.66 Å². The van der Waals surface area contributed by atoms with Gasteiger partial charge in [0, 0.05) is 31.5 Å². The van der Waals surface area contributed by atoms with Crippen molar-refractivity contribution in [2.45, 2.75) is 0 Å². The van der Waals surface area contributed by atoms with Crippen LogP contribution in [-0.2, 0) is 11.8 Å². The van der Waals surface area contributed by atoms with Gasteiger partial charge in [-0.15, -0.1) is 11.3 Å². The van der Waals surface area contributed by atoms with Gasteiger partial charge >= 0.3 is 11.7 Å². The number of aromatic nitrogens is 1. The third-order valence-electron chi connectivity index (χ3n) is 4.03. The number of anilines is 1. The molecule has 0 saturated heterocycles. The number of allylic oxidation sites excluding steroid dienone is 3. The Kier molecular flexibility index (Phi) is 4.61. The average Bonchev–Trinajstić information content (AvgIpc) is 2.90. The normalized spacial score (nSPS) is 16.4. The molecule has 1 aliphatic rings. The SMILES string of the molecule is [C-]#[N+]/C(C(=O)O)=c1\s/c(=C\C=C2/C=CN(C)c3ccccc32)c(=O)n1C. The second-order valence-electron chi connectivity index (χ2n) is 5.63. The average molecular weight is 365 g/mol. The van der Waals surface area contributed by atoms with E-state index in [0.29, 0.717) is 4.53 Å². The molecule has 3 rings (SSSR count). The van der Waals surface area contributed by atoms with Crippen LogP contribution >= 0.6 is 11.3 Å². The second kappa shape index (κ2) is 6.86. The molecule has 0 saturated carbocycles. The number of rotatable bonds is 2. The van der Waals surface area contributed by atoms with Gasteiger partial charge in [0.2, 0.25) is 0 Å². The summed E-state index contributed by atoms with van der Waals surface area (Å²) in [6.07, 6.45) is 7.39. The lowest BCUT2D eigenvalue weighted by Crippen LogP contribution is -2.29. The molecule has 0 unspecified atom stereocenters. The number of carboxylic acids is 1. The highest BCUT2D eigenvalue weighted by atomic mass is 32.1. The van der Waals surface area contributed by atoms with Gasteiger partial charge in [-0.1, -0.05) is 24.3 Å². The van der Waals surface area contributed by atoms with E-state index in [-0.39, 0.29) is 10.2 Å². The molecule has 26 heavy (non-hydrogen) atoms. The minimum absolute atomic E-state index is 0.140. The Morgan fingerprint density at radius 3 is 2.69 bits per heavy atom. The molecule has 0 spiro atoms. The van der Waals surface area contributed by atoms with Gasteiger partial charge in [0.05, 0.1) is 11.1 Å². The third kappa shape index (κ3) is 2.98. The van der Waals surface area contributed by atoms with Crippen molar-refractivity contribution in [3.8, 4) is 0 Å². The molecule has 130 valence electrons. The fourth-order valence-corrected chi connectivity index (χ4v) is 3.69. The summed E-state index contributed by atoms with van der Waals surface area (Å²) in [4.78, 5) is 28.6. The minimum Gasteiger partial charge on any atom is -0.486 e. The first kappa shape index (κ1) is 17.5. The Morgan fingerprint density at radius 2 is 2.00 bits per heavy atom. The van der Waals surface area contributed by atoms with Gasteiger partial charge in [0.25, 0.3) is 5.56 Å². The van der Waals surface area contributed by atoms with Gasteiger partial charge in [-0.25, -0.2) is 4.85 Å². The van der Waals surface area contributed by atoms with Crippen molar-refractivity contribution < 1.29 is 9.90 Å². The molecule has 0 aliphatic carbocycles. The number of fused-ring (bicyclic) bond motifs is 1. The van der Waals surface area contributed by atoms with Gasteiger partial charge in [0.15, 0.2) is 0 Å². The number of nitrogens with zero attached hydrogens (tertiary/aromatic N) is 3. The number of para-hydroxylation sites is 1. The molecule has 0 atom stereocenters. The number of thiazole rings is 1. The van der Waals surface area contributed by atoms with Gasteiger partial charge in [-0.2, -0.15) is 0 Å². The Hall–Kier alpha value is -3.37. The van der Waals surface area contributed by atoms with Crippen LogP contribution in [0.1, 0.15) is 5.56 Å². The standard InChI is InChI=1S/C19H15N3O3S/c1-20-16(19(24)25)18-22(3)17(23)15(26-18)9-8-12-10-11-21(2)14-7-5-4-6-13(12)14/h4-11H,2-3H3,(H,24,25)/b12-8+,15-9-,18-16-. The van der Waals surface area contributed by atoms with E-state index in [1.165, 1.54) is 11.6 Å². The smallest absolute Gasteiger partial charge is 0.336 e. The van der Waals surface area contributed by atoms with Crippen molar-refractivity contribution in [1.29, 1.82) is 0 Å². The lowest BCUT2D eigenvalue weighted by molar-refractivity contribution is -0.130. The van der Waals surface area contributed by atoms with Gasteiger partial charge < -0.3 is 14.6 Å². The first-order valence-corrected chi connectivity index (χ1v) is 8.49. The van der Waals surface area contributed by atoms with Crippen LogP contribution in [0, 0.1) is 6.57 Å². The van der Waals surface area contributed by atoms with E-state index in [9.17, 15) is 9.59 Å². The molecule has 0 fully saturated rings. The lowest BCUT2D eigenvalue weighted by atomic mass is 10.00. The largest absolute Gasteiger partial charge is 0.486 e. The van der Waals surface area contributed by atoms with Crippen molar-refractivity contribution in [3.05, 3.63) is 79.1 Å². The first-order chi connectivity index (χ1) is 12.4. The Balaban J connectivity index is 2.19. The van der Waals surface area contributed by atoms with Gasteiger partial charge in [-0.3, -0.25) is 9.59 Å². The molecule has 2 aromatic rings. The topological polar surface area (TPSA) is 66.9 Å². The van der Waals surface area contributed by atoms with Crippen molar-refractivity contribution in [2.24, 2.45) is 7.05 Å². The zero-order chi connectivity index (χ0) is 18.8. The van der Waals surface area contributed by atoms with Crippen LogP contribution < -0.4 is 19.7 Å². The van der Waals surface area contributed by atoms with E-state index >= 15 is 0 Å². The highest BCUT2D eigenvalue weighted by Crippen LogP contribution is 2.31. The summed E-state index contributed by atoms with van der Waals surface area (Å²) in [5.41, 5.74) is 2.27. The molecule has 0 bridgehead atoms. The summed E-state index contributed by atoms with van der Waals surface area (Å²) >= 11 is 1.00. The van der Waals surface area contributed by atoms with E-state index in [0.717, 1.165) is 28.2 Å². The van der Waals surface area contributed by atoms with Crippen LogP contribution in [-0.4, -0.2) is 22.7 Å². The molecule has 0 amide bonds. The van der Waals surface area contributed by atoms with Crippen molar-refractivity contribution >= 4 is 40.3 Å². The highest BCUT2D eigenvalue weighted by molar-refractivity contribution is 7.07. The Morgan fingerprint density at radius 1 is 1.27 bits per heavy atom. The maximum absolute atomic E-state index is 12.4. The molecule has 2 heterocycles. The van der Waals surface area contributed by atoms with Crippen LogP contribution in [0.2, 0.25) is 0 Å². The van der Waals surface area contributed by atoms with Crippen LogP contribution in [0.25, 0.3) is 22.2 Å². The lowest BCUT2D eigenvalue weighted by Gasteiger charge is -2.23. The summed E-state index contributed by atoms with van der Waals surface area (Å²) in [5, 5.41) is 9.12. The first-order valence-electron chi connectivity index (χ1n) is 7.67. The van der Waals surface area contributed by atoms with Crippen LogP contribution in [0.15, 0.2) is 47.4 Å². The number of aliphatic carboxylic acids is 1.